The molecule has 0 bridgehead atoms. The van der Waals surface area contributed by atoms with E-state index in [9.17, 15) is 9.59 Å². The van der Waals surface area contributed by atoms with Crippen LogP contribution in [-0.2, 0) is 9.59 Å². The Bertz CT molecular complexity index is 311. The average molecular weight is 286 g/mol. The fourth-order valence-electron chi connectivity index (χ4n) is 2.33. The van der Waals surface area contributed by atoms with Gasteiger partial charge < -0.3 is 16.2 Å². The summed E-state index contributed by atoms with van der Waals surface area (Å²) in [6.45, 7) is 8.93. The van der Waals surface area contributed by atoms with Crippen LogP contribution in [0.15, 0.2) is 0 Å². The van der Waals surface area contributed by atoms with Crippen LogP contribution in [-0.4, -0.2) is 29.6 Å². The third kappa shape index (κ3) is 7.48. The summed E-state index contributed by atoms with van der Waals surface area (Å²) in [6, 6.07) is -0.768. The van der Waals surface area contributed by atoms with Gasteiger partial charge in [-0.05, 0) is 37.1 Å². The summed E-state index contributed by atoms with van der Waals surface area (Å²) in [5.74, 6) is -0.778. The minimum Gasteiger partial charge on any atom is -0.480 e. The summed E-state index contributed by atoms with van der Waals surface area (Å²) in [5, 5.41) is 11.6. The van der Waals surface area contributed by atoms with Crippen LogP contribution >= 0.6 is 0 Å². The Balaban J connectivity index is 4.34. The van der Waals surface area contributed by atoms with Gasteiger partial charge in [0.15, 0.2) is 0 Å². The van der Waals surface area contributed by atoms with Gasteiger partial charge in [-0.1, -0.05) is 34.1 Å². The van der Waals surface area contributed by atoms with Crippen molar-refractivity contribution in [3.05, 3.63) is 0 Å². The van der Waals surface area contributed by atoms with Crippen molar-refractivity contribution in [3.63, 3.8) is 0 Å². The van der Waals surface area contributed by atoms with Crippen molar-refractivity contribution in [2.75, 3.05) is 6.54 Å². The molecule has 0 aromatic heterocycles. The lowest BCUT2D eigenvalue weighted by molar-refractivity contribution is -0.142. The Hall–Kier alpha value is -1.10. The largest absolute Gasteiger partial charge is 0.480 e. The van der Waals surface area contributed by atoms with Gasteiger partial charge in [0.1, 0.15) is 6.04 Å². The van der Waals surface area contributed by atoms with Gasteiger partial charge in [0.05, 0.1) is 0 Å². The van der Waals surface area contributed by atoms with E-state index in [1.807, 2.05) is 6.92 Å². The lowest BCUT2D eigenvalue weighted by Crippen LogP contribution is -2.41. The molecule has 0 rings (SSSR count). The van der Waals surface area contributed by atoms with E-state index >= 15 is 0 Å². The normalized spacial score (nSPS) is 14.7. The van der Waals surface area contributed by atoms with Crippen molar-refractivity contribution in [2.24, 2.45) is 17.1 Å². The number of carboxylic acid groups (broad SMARTS) is 1. The standard InChI is InChI=1S/C15H30N2O3/c1-5-6-12(14(19)20)17-13(18)8-7-11(9-10-16)15(2,3)4/h11-12H,5-10,16H2,1-4H3,(H,17,18)(H,19,20)/t11?,12-/m1/s1. The van der Waals surface area contributed by atoms with Crippen LogP contribution in [0.1, 0.15) is 59.8 Å². The highest BCUT2D eigenvalue weighted by atomic mass is 16.4. The molecule has 0 heterocycles. The number of aliphatic carboxylic acids is 1. The smallest absolute Gasteiger partial charge is 0.326 e. The highest BCUT2D eigenvalue weighted by molar-refractivity contribution is 5.83. The zero-order valence-electron chi connectivity index (χ0n) is 13.2. The second-order valence-electron chi connectivity index (χ2n) is 6.43. The van der Waals surface area contributed by atoms with Crippen LogP contribution in [0.2, 0.25) is 0 Å². The Morgan fingerprint density at radius 1 is 1.20 bits per heavy atom. The fraction of sp³-hybridized carbons (Fsp3) is 0.867. The zero-order chi connectivity index (χ0) is 15.8. The van der Waals surface area contributed by atoms with Crippen molar-refractivity contribution in [1.29, 1.82) is 0 Å². The first-order valence-corrected chi connectivity index (χ1v) is 7.44. The summed E-state index contributed by atoms with van der Waals surface area (Å²) in [6.07, 6.45) is 3.18. The molecule has 4 N–H and O–H groups in total. The maximum atomic E-state index is 11.9. The van der Waals surface area contributed by atoms with E-state index in [-0.39, 0.29) is 11.3 Å². The van der Waals surface area contributed by atoms with Gasteiger partial charge in [-0.2, -0.15) is 0 Å². The van der Waals surface area contributed by atoms with Crippen LogP contribution in [0.25, 0.3) is 0 Å². The monoisotopic (exact) mass is 286 g/mol. The van der Waals surface area contributed by atoms with E-state index in [2.05, 4.69) is 26.1 Å². The van der Waals surface area contributed by atoms with Gasteiger partial charge in [-0.3, -0.25) is 4.79 Å². The van der Waals surface area contributed by atoms with Crippen LogP contribution in [0, 0.1) is 11.3 Å². The molecular weight excluding hydrogens is 256 g/mol. The van der Waals surface area contributed by atoms with E-state index in [1.54, 1.807) is 0 Å². The Morgan fingerprint density at radius 2 is 1.80 bits per heavy atom. The molecule has 118 valence electrons. The number of rotatable bonds is 9. The van der Waals surface area contributed by atoms with E-state index < -0.39 is 12.0 Å². The molecule has 0 aliphatic rings. The molecule has 5 nitrogen and oxygen atoms in total. The first-order chi connectivity index (χ1) is 9.22. The predicted molar refractivity (Wildman–Crippen MR) is 80.3 cm³/mol. The van der Waals surface area contributed by atoms with Gasteiger partial charge in [0.2, 0.25) is 5.91 Å². The zero-order valence-corrected chi connectivity index (χ0v) is 13.2. The van der Waals surface area contributed by atoms with E-state index in [4.69, 9.17) is 10.8 Å². The summed E-state index contributed by atoms with van der Waals surface area (Å²) >= 11 is 0. The molecule has 0 fully saturated rings. The molecule has 1 unspecified atom stereocenters. The van der Waals surface area contributed by atoms with Gasteiger partial charge in [0, 0.05) is 6.42 Å². The molecule has 0 radical (unpaired) electrons. The number of nitrogens with one attached hydrogen (secondary N) is 1. The summed E-state index contributed by atoms with van der Waals surface area (Å²) in [7, 11) is 0. The third-order valence-corrected chi connectivity index (χ3v) is 3.67. The highest BCUT2D eigenvalue weighted by Gasteiger charge is 2.25. The van der Waals surface area contributed by atoms with E-state index in [0.717, 1.165) is 19.3 Å². The van der Waals surface area contributed by atoms with Crippen molar-refractivity contribution < 1.29 is 14.7 Å². The highest BCUT2D eigenvalue weighted by Crippen LogP contribution is 2.32. The van der Waals surface area contributed by atoms with Crippen LogP contribution in [0.3, 0.4) is 0 Å². The Morgan fingerprint density at radius 3 is 2.20 bits per heavy atom. The van der Waals surface area contributed by atoms with Gasteiger partial charge >= 0.3 is 5.97 Å². The summed E-state index contributed by atoms with van der Waals surface area (Å²) in [4.78, 5) is 22.9. The Kier molecular flexibility index (Phi) is 8.46. The molecule has 0 aromatic carbocycles. The van der Waals surface area contributed by atoms with Crippen molar-refractivity contribution in [2.45, 2.75) is 65.8 Å². The van der Waals surface area contributed by atoms with Crippen molar-refractivity contribution in [1.82, 2.24) is 5.32 Å². The van der Waals surface area contributed by atoms with Crippen LogP contribution in [0.4, 0.5) is 0 Å². The number of carbonyl (C=O) groups is 2. The first kappa shape index (κ1) is 18.9. The number of hydrogen-bond donors (Lipinski definition) is 3. The van der Waals surface area contributed by atoms with Crippen LogP contribution in [0.5, 0.6) is 0 Å². The van der Waals surface area contributed by atoms with Gasteiger partial charge in [-0.25, -0.2) is 4.79 Å². The maximum Gasteiger partial charge on any atom is 0.326 e. The van der Waals surface area contributed by atoms with E-state index in [0.29, 0.717) is 25.3 Å². The fourth-order valence-corrected chi connectivity index (χ4v) is 2.33. The average Bonchev–Trinajstić information content (AvgIpc) is 2.32. The minimum atomic E-state index is -0.963. The van der Waals surface area contributed by atoms with E-state index in [1.165, 1.54) is 0 Å². The number of nitrogens with two attached hydrogens (primary N) is 1. The summed E-state index contributed by atoms with van der Waals surface area (Å²) in [5.41, 5.74) is 5.72. The molecule has 2 atom stereocenters. The molecule has 0 saturated carbocycles. The summed E-state index contributed by atoms with van der Waals surface area (Å²) < 4.78 is 0. The molecular formula is C15H30N2O3. The van der Waals surface area contributed by atoms with Crippen molar-refractivity contribution in [3.8, 4) is 0 Å². The molecule has 20 heavy (non-hydrogen) atoms. The Labute approximate surface area is 122 Å². The number of amides is 1. The quantitative estimate of drug-likeness (QED) is 0.605. The molecule has 0 saturated heterocycles. The molecule has 0 aromatic rings. The van der Waals surface area contributed by atoms with Gasteiger partial charge in [-0.15, -0.1) is 0 Å². The maximum absolute atomic E-state index is 11.9. The number of carbonyl (C=O) groups excluding carboxylic acids is 1. The lowest BCUT2D eigenvalue weighted by atomic mass is 9.76. The minimum absolute atomic E-state index is 0.106. The molecule has 0 spiro atoms. The van der Waals surface area contributed by atoms with Gasteiger partial charge in [0.25, 0.3) is 0 Å². The van der Waals surface area contributed by atoms with Crippen LogP contribution < -0.4 is 11.1 Å². The molecule has 0 aliphatic heterocycles. The third-order valence-electron chi connectivity index (χ3n) is 3.67. The molecule has 5 heteroatoms. The first-order valence-electron chi connectivity index (χ1n) is 7.44. The number of carboxylic acids is 1. The van der Waals surface area contributed by atoms with Crippen molar-refractivity contribution >= 4 is 11.9 Å². The second kappa shape index (κ2) is 8.95. The lowest BCUT2D eigenvalue weighted by Gasteiger charge is -2.30. The topological polar surface area (TPSA) is 92.4 Å². The SMILES string of the molecule is CCC[C@@H](NC(=O)CCC(CCN)C(C)(C)C)C(=O)O. The predicted octanol–water partition coefficient (Wildman–Crippen LogP) is 2.15. The molecule has 0 aliphatic carbocycles. The second-order valence-corrected chi connectivity index (χ2v) is 6.43. The number of hydrogen-bond acceptors (Lipinski definition) is 3. The molecule has 1 amide bonds.